The Morgan fingerprint density at radius 1 is 1.13 bits per heavy atom. The molecule has 0 fully saturated rings. The van der Waals surface area contributed by atoms with Crippen molar-refractivity contribution in [3.8, 4) is 11.5 Å². The fourth-order valence-electron chi connectivity index (χ4n) is 3.06. The highest BCUT2D eigenvalue weighted by atomic mass is 16.5. The van der Waals surface area contributed by atoms with Crippen molar-refractivity contribution in [3.05, 3.63) is 59.4 Å². The van der Waals surface area contributed by atoms with E-state index in [1.807, 2.05) is 33.8 Å². The minimum atomic E-state index is -0.627. The lowest BCUT2D eigenvalue weighted by Crippen LogP contribution is -2.42. The zero-order chi connectivity index (χ0) is 21.9. The fraction of sp³-hybridized carbons (Fsp3) is 0.375. The van der Waals surface area contributed by atoms with Gasteiger partial charge in [0.25, 0.3) is 0 Å². The Balaban J connectivity index is 1.74. The molecule has 3 aromatic rings. The van der Waals surface area contributed by atoms with Gasteiger partial charge in [-0.3, -0.25) is 4.79 Å². The number of aliphatic hydroxyl groups is 1. The number of rotatable bonds is 8. The quantitative estimate of drug-likeness (QED) is 0.543. The van der Waals surface area contributed by atoms with Gasteiger partial charge in [0.05, 0.1) is 7.11 Å². The fourth-order valence-corrected chi connectivity index (χ4v) is 3.06. The van der Waals surface area contributed by atoms with E-state index in [0.29, 0.717) is 35.0 Å². The van der Waals surface area contributed by atoms with Crippen LogP contribution >= 0.6 is 0 Å². The van der Waals surface area contributed by atoms with Gasteiger partial charge < -0.3 is 24.3 Å². The summed E-state index contributed by atoms with van der Waals surface area (Å²) in [6.45, 7) is 8.59. The number of furan rings is 1. The number of aryl methyl sites for hydroxylation is 1. The van der Waals surface area contributed by atoms with Crippen LogP contribution in [0.15, 0.2) is 46.9 Å². The number of carbonyl (C=O) groups is 1. The van der Waals surface area contributed by atoms with Gasteiger partial charge in [0.1, 0.15) is 29.8 Å². The molecule has 0 aliphatic rings. The number of hydrogen-bond acceptors (Lipinski definition) is 6. The van der Waals surface area contributed by atoms with Gasteiger partial charge in [-0.1, -0.05) is 0 Å². The first kappa shape index (κ1) is 21.9. The van der Waals surface area contributed by atoms with Crippen LogP contribution in [-0.2, 0) is 0 Å². The molecule has 1 unspecified atom stereocenters. The van der Waals surface area contributed by atoms with Gasteiger partial charge in [-0.05, 0) is 70.2 Å². The van der Waals surface area contributed by atoms with Crippen molar-refractivity contribution in [2.24, 2.45) is 0 Å². The number of ether oxygens (including phenoxy) is 2. The second-order valence-corrected chi connectivity index (χ2v) is 8.37. The van der Waals surface area contributed by atoms with E-state index in [0.717, 1.165) is 10.9 Å². The predicted molar refractivity (Wildman–Crippen MR) is 117 cm³/mol. The maximum atomic E-state index is 12.9. The Kier molecular flexibility index (Phi) is 6.48. The van der Waals surface area contributed by atoms with Crippen molar-refractivity contribution < 1.29 is 23.8 Å². The van der Waals surface area contributed by atoms with Gasteiger partial charge in [-0.25, -0.2) is 0 Å². The average molecular weight is 411 g/mol. The lowest BCUT2D eigenvalue weighted by molar-refractivity contribution is 0.100. The molecule has 160 valence electrons. The molecular formula is C24H29NO5. The summed E-state index contributed by atoms with van der Waals surface area (Å²) in [7, 11) is 1.58. The summed E-state index contributed by atoms with van der Waals surface area (Å²) in [5.41, 5.74) is 1.84. The van der Waals surface area contributed by atoms with E-state index in [-0.39, 0.29) is 17.9 Å². The van der Waals surface area contributed by atoms with E-state index in [2.05, 4.69) is 5.32 Å². The molecule has 1 heterocycles. The summed E-state index contributed by atoms with van der Waals surface area (Å²) >= 11 is 0. The van der Waals surface area contributed by atoms with Crippen LogP contribution < -0.4 is 14.8 Å². The van der Waals surface area contributed by atoms with Gasteiger partial charge in [-0.2, -0.15) is 0 Å². The van der Waals surface area contributed by atoms with Crippen LogP contribution in [0.1, 0.15) is 42.5 Å². The van der Waals surface area contributed by atoms with Crippen LogP contribution in [0.25, 0.3) is 11.0 Å². The number of β-amino-alcohol motifs (C(OH)–C–C–N with tert-alkyl or cyclic N) is 1. The zero-order valence-corrected chi connectivity index (χ0v) is 18.1. The third kappa shape index (κ3) is 5.20. The first-order valence-electron chi connectivity index (χ1n) is 9.96. The van der Waals surface area contributed by atoms with Crippen molar-refractivity contribution in [2.45, 2.75) is 39.3 Å². The normalized spacial score (nSPS) is 12.7. The van der Waals surface area contributed by atoms with Gasteiger partial charge in [-0.15, -0.1) is 0 Å². The van der Waals surface area contributed by atoms with Gasteiger partial charge in [0.2, 0.25) is 5.78 Å². The number of fused-ring (bicyclic) bond motifs is 1. The van der Waals surface area contributed by atoms with Crippen LogP contribution in [-0.4, -0.2) is 42.8 Å². The van der Waals surface area contributed by atoms with Crippen LogP contribution in [0.5, 0.6) is 11.5 Å². The molecular weight excluding hydrogens is 382 g/mol. The zero-order valence-electron chi connectivity index (χ0n) is 18.1. The van der Waals surface area contributed by atoms with E-state index in [4.69, 9.17) is 13.9 Å². The second-order valence-electron chi connectivity index (χ2n) is 8.37. The molecule has 0 aliphatic heterocycles. The van der Waals surface area contributed by atoms with Gasteiger partial charge in [0, 0.05) is 28.6 Å². The van der Waals surface area contributed by atoms with Crippen LogP contribution in [0, 0.1) is 6.92 Å². The molecule has 0 spiro atoms. The lowest BCUT2D eigenvalue weighted by Gasteiger charge is -2.22. The Morgan fingerprint density at radius 2 is 1.80 bits per heavy atom. The molecule has 30 heavy (non-hydrogen) atoms. The molecule has 1 aromatic heterocycles. The van der Waals surface area contributed by atoms with Gasteiger partial charge >= 0.3 is 0 Å². The summed E-state index contributed by atoms with van der Waals surface area (Å²) < 4.78 is 16.7. The lowest BCUT2D eigenvalue weighted by atomic mass is 10.0. The average Bonchev–Trinajstić information content (AvgIpc) is 3.05. The van der Waals surface area contributed by atoms with E-state index in [1.54, 1.807) is 43.5 Å². The highest BCUT2D eigenvalue weighted by Gasteiger charge is 2.20. The molecule has 0 amide bonds. The maximum absolute atomic E-state index is 12.9. The summed E-state index contributed by atoms with van der Waals surface area (Å²) in [6, 6.07) is 12.3. The first-order valence-corrected chi connectivity index (χ1v) is 9.96. The molecule has 0 radical (unpaired) electrons. The van der Waals surface area contributed by atoms with Crippen molar-refractivity contribution in [2.75, 3.05) is 20.3 Å². The van der Waals surface area contributed by atoms with E-state index in [9.17, 15) is 9.90 Å². The second kappa shape index (κ2) is 8.90. The number of benzene rings is 2. The standard InChI is InChI=1S/C24H29NO5/c1-15-20-12-19(29-14-17(26)13-25-24(2,3)4)10-11-21(20)30-23(15)22(27)16-6-8-18(28-5)9-7-16/h6-12,17,25-26H,13-14H2,1-5H3. The summed E-state index contributed by atoms with van der Waals surface area (Å²) in [5, 5.41) is 14.2. The van der Waals surface area contributed by atoms with E-state index >= 15 is 0 Å². The molecule has 0 saturated carbocycles. The number of aliphatic hydroxyl groups excluding tert-OH is 1. The number of carbonyl (C=O) groups excluding carboxylic acids is 1. The monoisotopic (exact) mass is 411 g/mol. The van der Waals surface area contributed by atoms with E-state index in [1.165, 1.54) is 0 Å². The smallest absolute Gasteiger partial charge is 0.228 e. The van der Waals surface area contributed by atoms with Crippen molar-refractivity contribution >= 4 is 16.8 Å². The molecule has 0 saturated heterocycles. The third-order valence-electron chi connectivity index (χ3n) is 4.78. The predicted octanol–water partition coefficient (Wildman–Crippen LogP) is 4.11. The highest BCUT2D eigenvalue weighted by Crippen LogP contribution is 2.30. The largest absolute Gasteiger partial charge is 0.497 e. The van der Waals surface area contributed by atoms with Crippen molar-refractivity contribution in [1.29, 1.82) is 0 Å². The van der Waals surface area contributed by atoms with Crippen molar-refractivity contribution in [1.82, 2.24) is 5.32 Å². The topological polar surface area (TPSA) is 80.9 Å². The SMILES string of the molecule is COc1ccc(C(=O)c2oc3ccc(OCC(O)CNC(C)(C)C)cc3c2C)cc1. The molecule has 0 aliphatic carbocycles. The molecule has 3 rings (SSSR count). The van der Waals surface area contributed by atoms with Crippen molar-refractivity contribution in [3.63, 3.8) is 0 Å². The Bertz CT molecular complexity index is 1010. The number of methoxy groups -OCH3 is 1. The summed E-state index contributed by atoms with van der Waals surface area (Å²) in [6.07, 6.45) is -0.627. The maximum Gasteiger partial charge on any atom is 0.228 e. The summed E-state index contributed by atoms with van der Waals surface area (Å²) in [5.74, 6) is 1.43. The van der Waals surface area contributed by atoms with Crippen LogP contribution in [0.2, 0.25) is 0 Å². The minimum Gasteiger partial charge on any atom is -0.497 e. The van der Waals surface area contributed by atoms with Crippen LogP contribution in [0.4, 0.5) is 0 Å². The number of ketones is 1. The summed E-state index contributed by atoms with van der Waals surface area (Å²) in [4.78, 5) is 12.9. The molecule has 0 bridgehead atoms. The Labute approximate surface area is 176 Å². The first-order chi connectivity index (χ1) is 14.2. The Hall–Kier alpha value is -2.83. The number of nitrogens with one attached hydrogen (secondary N) is 1. The number of hydrogen-bond donors (Lipinski definition) is 2. The van der Waals surface area contributed by atoms with Gasteiger partial charge in [0.15, 0.2) is 5.76 Å². The molecule has 1 atom stereocenters. The van der Waals surface area contributed by atoms with Crippen LogP contribution in [0.3, 0.4) is 0 Å². The van der Waals surface area contributed by atoms with E-state index < -0.39 is 6.10 Å². The molecule has 2 aromatic carbocycles. The minimum absolute atomic E-state index is 0.0688. The molecule has 6 nitrogen and oxygen atoms in total. The molecule has 6 heteroatoms. The Morgan fingerprint density at radius 3 is 2.43 bits per heavy atom. The highest BCUT2D eigenvalue weighted by molar-refractivity contribution is 6.10. The third-order valence-corrected chi connectivity index (χ3v) is 4.78. The molecule has 2 N–H and O–H groups in total.